The molecule has 4 rings (SSSR count). The van der Waals surface area contributed by atoms with Gasteiger partial charge < -0.3 is 9.80 Å². The molecule has 0 N–H and O–H groups in total. The van der Waals surface area contributed by atoms with E-state index < -0.39 is 0 Å². The van der Waals surface area contributed by atoms with Crippen LogP contribution in [-0.4, -0.2) is 64.3 Å². The first-order chi connectivity index (χ1) is 15.0. The number of carbonyl (C=O) groups is 2. The summed E-state index contributed by atoms with van der Waals surface area (Å²) in [7, 11) is 0. The van der Waals surface area contributed by atoms with E-state index in [0.29, 0.717) is 49.9 Å². The van der Waals surface area contributed by atoms with E-state index in [1.807, 2.05) is 26.0 Å². The smallest absolute Gasteiger partial charge is 0.277 e. The van der Waals surface area contributed by atoms with Crippen molar-refractivity contribution in [1.29, 1.82) is 0 Å². The molecule has 7 nitrogen and oxygen atoms in total. The number of hydrogen-bond acceptors (Lipinski definition) is 6. The van der Waals surface area contributed by atoms with Gasteiger partial charge in [-0.3, -0.25) is 14.5 Å². The molecule has 162 valence electrons. The highest BCUT2D eigenvalue weighted by Crippen LogP contribution is 2.34. The Balaban J connectivity index is 1.66. The number of imide groups is 1. The molecule has 31 heavy (non-hydrogen) atoms. The molecule has 1 saturated heterocycles. The number of nitrogens with zero attached hydrogens (tertiary/aromatic N) is 5. The van der Waals surface area contributed by atoms with Gasteiger partial charge in [-0.1, -0.05) is 37.1 Å². The average molecular weight is 420 g/mol. The quantitative estimate of drug-likeness (QED) is 0.671. The number of piperazine rings is 1. The van der Waals surface area contributed by atoms with Gasteiger partial charge in [-0.05, 0) is 37.5 Å². The molecular formula is C24H29N5O2. The molecule has 0 aliphatic carbocycles. The van der Waals surface area contributed by atoms with Gasteiger partial charge in [-0.25, -0.2) is 9.97 Å². The van der Waals surface area contributed by atoms with E-state index in [9.17, 15) is 9.59 Å². The zero-order chi connectivity index (χ0) is 22.0. The van der Waals surface area contributed by atoms with E-state index in [4.69, 9.17) is 0 Å². The lowest BCUT2D eigenvalue weighted by molar-refractivity contribution is -0.137. The monoisotopic (exact) mass is 419 g/mol. The number of aromatic nitrogens is 2. The van der Waals surface area contributed by atoms with Crippen molar-refractivity contribution in [3.8, 4) is 0 Å². The van der Waals surface area contributed by atoms with Crippen molar-refractivity contribution < 1.29 is 9.59 Å². The van der Waals surface area contributed by atoms with Gasteiger partial charge in [-0.2, -0.15) is 0 Å². The van der Waals surface area contributed by atoms with Crippen molar-refractivity contribution in [2.24, 2.45) is 0 Å². The van der Waals surface area contributed by atoms with Crippen LogP contribution in [0.15, 0.2) is 42.4 Å². The minimum atomic E-state index is -0.172. The minimum Gasteiger partial charge on any atom is -0.363 e. The predicted octanol–water partition coefficient (Wildman–Crippen LogP) is 2.80. The molecule has 0 spiro atoms. The highest BCUT2D eigenvalue weighted by molar-refractivity contribution is 6.35. The van der Waals surface area contributed by atoms with Crippen molar-refractivity contribution in [3.63, 3.8) is 0 Å². The van der Waals surface area contributed by atoms with Crippen LogP contribution in [0.5, 0.6) is 0 Å². The SMILES string of the molecule is CCCCN1C(=O)C(c2ccc(C)cc2C)=C(N2CCN(c3ncccn3)CC2)C1=O. The van der Waals surface area contributed by atoms with Crippen LogP contribution in [0, 0.1) is 13.8 Å². The lowest BCUT2D eigenvalue weighted by atomic mass is 9.97. The first-order valence-electron chi connectivity index (χ1n) is 11.0. The summed E-state index contributed by atoms with van der Waals surface area (Å²) in [4.78, 5) is 41.1. The van der Waals surface area contributed by atoms with Crippen LogP contribution in [0.4, 0.5) is 5.95 Å². The van der Waals surface area contributed by atoms with Crippen molar-refractivity contribution in [2.75, 3.05) is 37.6 Å². The first-order valence-corrected chi connectivity index (χ1v) is 11.0. The van der Waals surface area contributed by atoms with E-state index in [0.717, 1.165) is 29.5 Å². The van der Waals surface area contributed by atoms with Gasteiger partial charge in [0.2, 0.25) is 5.95 Å². The van der Waals surface area contributed by atoms with Crippen LogP contribution in [0.3, 0.4) is 0 Å². The first kappa shape index (κ1) is 21.0. The Bertz CT molecular complexity index is 1010. The van der Waals surface area contributed by atoms with Gasteiger partial charge in [0.25, 0.3) is 11.8 Å². The fourth-order valence-corrected chi connectivity index (χ4v) is 4.30. The van der Waals surface area contributed by atoms with Crippen molar-refractivity contribution in [2.45, 2.75) is 33.6 Å². The normalized spacial score (nSPS) is 17.2. The zero-order valence-electron chi connectivity index (χ0n) is 18.5. The molecule has 2 aliphatic rings. The van der Waals surface area contributed by atoms with E-state index in [1.54, 1.807) is 18.5 Å². The number of unbranched alkanes of at least 4 members (excludes halogenated alkanes) is 1. The Labute approximate surface area is 183 Å². The molecule has 0 atom stereocenters. The molecular weight excluding hydrogens is 390 g/mol. The Hall–Kier alpha value is -3.22. The second-order valence-electron chi connectivity index (χ2n) is 8.18. The molecule has 0 unspecified atom stereocenters. The summed E-state index contributed by atoms with van der Waals surface area (Å²) in [5, 5.41) is 0. The summed E-state index contributed by atoms with van der Waals surface area (Å²) in [6, 6.07) is 7.85. The maximum absolute atomic E-state index is 13.4. The predicted molar refractivity (Wildman–Crippen MR) is 120 cm³/mol. The number of benzene rings is 1. The summed E-state index contributed by atoms with van der Waals surface area (Å²) in [6.45, 7) is 9.24. The molecule has 1 aromatic carbocycles. The Morgan fingerprint density at radius 1 is 0.935 bits per heavy atom. The number of rotatable bonds is 6. The summed E-state index contributed by atoms with van der Waals surface area (Å²) < 4.78 is 0. The van der Waals surface area contributed by atoms with Gasteiger partial charge in [0.05, 0.1) is 5.57 Å². The van der Waals surface area contributed by atoms with Crippen molar-refractivity contribution in [1.82, 2.24) is 19.8 Å². The molecule has 0 radical (unpaired) electrons. The van der Waals surface area contributed by atoms with Gasteiger partial charge >= 0.3 is 0 Å². The van der Waals surface area contributed by atoms with Crippen LogP contribution >= 0.6 is 0 Å². The molecule has 0 bridgehead atoms. The third-order valence-electron chi connectivity index (χ3n) is 5.96. The topological polar surface area (TPSA) is 69.6 Å². The Kier molecular flexibility index (Phi) is 6.02. The van der Waals surface area contributed by atoms with Gasteiger partial charge in [0, 0.05) is 45.1 Å². The molecule has 2 amide bonds. The molecule has 2 aliphatic heterocycles. The molecule has 0 saturated carbocycles. The van der Waals surface area contributed by atoms with Crippen molar-refractivity contribution >= 4 is 23.3 Å². The number of carbonyl (C=O) groups excluding carboxylic acids is 2. The second kappa shape index (κ2) is 8.88. The lowest BCUT2D eigenvalue weighted by Crippen LogP contribution is -2.48. The number of amides is 2. The van der Waals surface area contributed by atoms with Crippen LogP contribution in [0.25, 0.3) is 5.57 Å². The second-order valence-corrected chi connectivity index (χ2v) is 8.18. The van der Waals surface area contributed by atoms with E-state index in [1.165, 1.54) is 4.90 Å². The Morgan fingerprint density at radius 3 is 2.26 bits per heavy atom. The summed E-state index contributed by atoms with van der Waals surface area (Å²) in [5.41, 5.74) is 4.10. The number of aryl methyl sites for hydroxylation is 2. The molecule has 2 aromatic rings. The summed E-state index contributed by atoms with van der Waals surface area (Å²) in [5.74, 6) is 0.358. The fourth-order valence-electron chi connectivity index (χ4n) is 4.30. The number of hydrogen-bond donors (Lipinski definition) is 0. The van der Waals surface area contributed by atoms with Crippen LogP contribution < -0.4 is 4.90 Å². The van der Waals surface area contributed by atoms with Gasteiger partial charge in [0.1, 0.15) is 5.70 Å². The maximum Gasteiger partial charge on any atom is 0.277 e. The number of anilines is 1. The average Bonchev–Trinajstić information content (AvgIpc) is 3.02. The van der Waals surface area contributed by atoms with Crippen molar-refractivity contribution in [3.05, 3.63) is 59.0 Å². The van der Waals surface area contributed by atoms with Crippen LogP contribution in [0.1, 0.15) is 36.5 Å². The largest absolute Gasteiger partial charge is 0.363 e. The minimum absolute atomic E-state index is 0.169. The molecule has 3 heterocycles. The lowest BCUT2D eigenvalue weighted by Gasteiger charge is -2.36. The third-order valence-corrected chi connectivity index (χ3v) is 5.96. The fraction of sp³-hybridized carbons (Fsp3) is 0.417. The zero-order valence-corrected chi connectivity index (χ0v) is 18.5. The molecule has 1 fully saturated rings. The Morgan fingerprint density at radius 2 is 1.61 bits per heavy atom. The highest BCUT2D eigenvalue weighted by Gasteiger charge is 2.42. The maximum atomic E-state index is 13.4. The molecule has 1 aromatic heterocycles. The van der Waals surface area contributed by atoms with Gasteiger partial charge in [-0.15, -0.1) is 0 Å². The standard InChI is InChI=1S/C24H29N5O2/c1-4-5-11-29-22(30)20(19-8-7-17(2)16-18(19)3)21(23(29)31)27-12-14-28(15-13-27)24-25-9-6-10-26-24/h6-10,16H,4-5,11-15H2,1-3H3. The van der Waals surface area contributed by atoms with Crippen LogP contribution in [0.2, 0.25) is 0 Å². The van der Waals surface area contributed by atoms with E-state index in [-0.39, 0.29) is 11.8 Å². The molecule has 7 heteroatoms. The summed E-state index contributed by atoms with van der Waals surface area (Å²) >= 11 is 0. The third kappa shape index (κ3) is 4.04. The van der Waals surface area contributed by atoms with E-state index in [2.05, 4.69) is 32.8 Å². The summed E-state index contributed by atoms with van der Waals surface area (Å²) in [6.07, 6.45) is 5.21. The highest BCUT2D eigenvalue weighted by atomic mass is 16.2. The van der Waals surface area contributed by atoms with Crippen LogP contribution in [-0.2, 0) is 9.59 Å². The van der Waals surface area contributed by atoms with Gasteiger partial charge in [0.15, 0.2) is 0 Å². The van der Waals surface area contributed by atoms with E-state index >= 15 is 0 Å².